The average molecular weight is 360 g/mol. The van der Waals surface area contributed by atoms with Crippen LogP contribution in [0, 0.1) is 6.92 Å². The molecule has 2 aliphatic rings. The van der Waals surface area contributed by atoms with Crippen LogP contribution in [-0.2, 0) is 4.79 Å². The predicted molar refractivity (Wildman–Crippen MR) is 105 cm³/mol. The largest absolute Gasteiger partial charge is 0.369 e. The molecule has 0 bridgehead atoms. The molecule has 7 nitrogen and oxygen atoms in total. The van der Waals surface area contributed by atoms with E-state index in [0.717, 1.165) is 47.0 Å². The van der Waals surface area contributed by atoms with E-state index in [0.29, 0.717) is 12.8 Å². The van der Waals surface area contributed by atoms with Crippen LogP contribution in [0.5, 0.6) is 0 Å². The Morgan fingerprint density at radius 1 is 1.04 bits per heavy atom. The first-order valence-corrected chi connectivity index (χ1v) is 9.17. The standard InChI is InChI=1S/C20H20N6O/c1-13-6-7-16-17(23-13)18(22-12-21-16)26-10-8-20(9-11-26)19(27)24-14-4-2-3-5-15(14)25-20/h2-7,12,25H,8-11H2,1H3,(H,24,27). The van der Waals surface area contributed by atoms with Crippen LogP contribution in [0.25, 0.3) is 11.0 Å². The molecule has 1 saturated heterocycles. The molecule has 0 unspecified atom stereocenters. The number of para-hydroxylation sites is 2. The first-order chi connectivity index (χ1) is 13.1. The Bertz CT molecular complexity index is 1040. The predicted octanol–water partition coefficient (Wildman–Crippen LogP) is 2.74. The maximum atomic E-state index is 12.8. The smallest absolute Gasteiger partial charge is 0.250 e. The molecule has 2 aromatic heterocycles. The number of nitrogens with zero attached hydrogens (tertiary/aromatic N) is 4. The lowest BCUT2D eigenvalue weighted by atomic mass is 9.84. The normalized spacial score (nSPS) is 18.1. The van der Waals surface area contributed by atoms with E-state index in [1.807, 2.05) is 43.3 Å². The number of nitrogens with one attached hydrogen (secondary N) is 2. The zero-order valence-electron chi connectivity index (χ0n) is 15.1. The Morgan fingerprint density at radius 3 is 2.63 bits per heavy atom. The van der Waals surface area contributed by atoms with Gasteiger partial charge in [0.15, 0.2) is 5.82 Å². The van der Waals surface area contributed by atoms with Gasteiger partial charge in [0, 0.05) is 18.8 Å². The third-order valence-corrected chi connectivity index (χ3v) is 5.50. The summed E-state index contributed by atoms with van der Waals surface area (Å²) < 4.78 is 0. The zero-order chi connectivity index (χ0) is 18.4. The molecular weight excluding hydrogens is 340 g/mol. The summed E-state index contributed by atoms with van der Waals surface area (Å²) in [5.74, 6) is 0.887. The molecule has 1 amide bonds. The molecule has 2 aliphatic heterocycles. The lowest BCUT2D eigenvalue weighted by Gasteiger charge is -2.44. The van der Waals surface area contributed by atoms with Gasteiger partial charge in [-0.15, -0.1) is 0 Å². The fourth-order valence-corrected chi connectivity index (χ4v) is 3.97. The van der Waals surface area contributed by atoms with Crippen molar-refractivity contribution in [1.82, 2.24) is 15.0 Å². The second kappa shape index (κ2) is 5.90. The molecule has 27 heavy (non-hydrogen) atoms. The average Bonchev–Trinajstić information content (AvgIpc) is 2.69. The van der Waals surface area contributed by atoms with E-state index in [1.54, 1.807) is 6.33 Å². The molecular formula is C20H20N6O. The topological polar surface area (TPSA) is 83.0 Å². The number of hydrogen-bond acceptors (Lipinski definition) is 6. The van der Waals surface area contributed by atoms with Crippen molar-refractivity contribution in [3.05, 3.63) is 48.4 Å². The molecule has 136 valence electrons. The summed E-state index contributed by atoms with van der Waals surface area (Å²) >= 11 is 0. The summed E-state index contributed by atoms with van der Waals surface area (Å²) in [5, 5.41) is 6.55. The van der Waals surface area contributed by atoms with Crippen LogP contribution >= 0.6 is 0 Å². The van der Waals surface area contributed by atoms with Crippen LogP contribution < -0.4 is 15.5 Å². The van der Waals surface area contributed by atoms with Crippen molar-refractivity contribution < 1.29 is 4.79 Å². The van der Waals surface area contributed by atoms with E-state index >= 15 is 0 Å². The monoisotopic (exact) mass is 360 g/mol. The van der Waals surface area contributed by atoms with Crippen molar-refractivity contribution in [2.45, 2.75) is 25.3 Å². The number of rotatable bonds is 1. The highest BCUT2D eigenvalue weighted by Gasteiger charge is 2.44. The summed E-state index contributed by atoms with van der Waals surface area (Å²) in [4.78, 5) is 28.5. The number of aromatic nitrogens is 3. The Labute approximate surface area is 156 Å². The number of amides is 1. The minimum Gasteiger partial charge on any atom is -0.369 e. The number of carbonyl (C=O) groups is 1. The van der Waals surface area contributed by atoms with Gasteiger partial charge in [-0.2, -0.15) is 0 Å². The summed E-state index contributed by atoms with van der Waals surface area (Å²) in [7, 11) is 0. The summed E-state index contributed by atoms with van der Waals surface area (Å²) in [6, 6.07) is 11.8. The Morgan fingerprint density at radius 2 is 1.81 bits per heavy atom. The van der Waals surface area contributed by atoms with Crippen LogP contribution in [-0.4, -0.2) is 39.5 Å². The molecule has 1 fully saturated rings. The number of anilines is 3. The Balaban J connectivity index is 1.43. The molecule has 1 spiro atoms. The van der Waals surface area contributed by atoms with Crippen molar-refractivity contribution in [2.75, 3.05) is 28.6 Å². The summed E-state index contributed by atoms with van der Waals surface area (Å²) in [5.41, 5.74) is 3.86. The molecule has 2 N–H and O–H groups in total. The van der Waals surface area contributed by atoms with E-state index in [4.69, 9.17) is 0 Å². The lowest BCUT2D eigenvalue weighted by molar-refractivity contribution is -0.121. The van der Waals surface area contributed by atoms with E-state index < -0.39 is 5.54 Å². The van der Waals surface area contributed by atoms with E-state index in [-0.39, 0.29) is 5.91 Å². The lowest BCUT2D eigenvalue weighted by Crippen LogP contribution is -2.58. The quantitative estimate of drug-likeness (QED) is 0.694. The van der Waals surface area contributed by atoms with Crippen molar-refractivity contribution in [3.63, 3.8) is 0 Å². The second-order valence-electron chi connectivity index (χ2n) is 7.21. The Hall–Kier alpha value is -3.22. The van der Waals surface area contributed by atoms with E-state index in [1.165, 1.54) is 0 Å². The third-order valence-electron chi connectivity index (χ3n) is 5.50. The number of fused-ring (bicyclic) bond motifs is 2. The second-order valence-corrected chi connectivity index (χ2v) is 7.21. The van der Waals surface area contributed by atoms with Crippen LogP contribution in [0.3, 0.4) is 0 Å². The fourth-order valence-electron chi connectivity index (χ4n) is 3.97. The minimum absolute atomic E-state index is 0.0439. The summed E-state index contributed by atoms with van der Waals surface area (Å²) in [6.07, 6.45) is 2.98. The zero-order valence-corrected chi connectivity index (χ0v) is 15.1. The van der Waals surface area contributed by atoms with Crippen molar-refractivity contribution in [2.24, 2.45) is 0 Å². The molecule has 3 aromatic rings. The molecule has 0 saturated carbocycles. The molecule has 0 aliphatic carbocycles. The van der Waals surface area contributed by atoms with Gasteiger partial charge in [0.2, 0.25) is 5.91 Å². The Kier molecular flexibility index (Phi) is 3.50. The van der Waals surface area contributed by atoms with Crippen molar-refractivity contribution in [1.29, 1.82) is 0 Å². The van der Waals surface area contributed by atoms with Gasteiger partial charge < -0.3 is 15.5 Å². The van der Waals surface area contributed by atoms with Gasteiger partial charge in [-0.1, -0.05) is 12.1 Å². The van der Waals surface area contributed by atoms with E-state index in [2.05, 4.69) is 30.5 Å². The highest BCUT2D eigenvalue weighted by Crippen LogP contribution is 2.37. The van der Waals surface area contributed by atoms with Gasteiger partial charge >= 0.3 is 0 Å². The third kappa shape index (κ3) is 2.58. The molecule has 1 aromatic carbocycles. The maximum Gasteiger partial charge on any atom is 0.250 e. The number of piperidine rings is 1. The van der Waals surface area contributed by atoms with Crippen LogP contribution in [0.15, 0.2) is 42.7 Å². The number of benzene rings is 1. The highest BCUT2D eigenvalue weighted by molar-refractivity contribution is 6.06. The number of aryl methyl sites for hydroxylation is 1. The number of pyridine rings is 1. The molecule has 0 radical (unpaired) electrons. The first kappa shape index (κ1) is 16.0. The van der Waals surface area contributed by atoms with Gasteiger partial charge in [-0.05, 0) is 44.0 Å². The molecule has 0 atom stereocenters. The maximum absolute atomic E-state index is 12.8. The van der Waals surface area contributed by atoms with Gasteiger partial charge in [-0.25, -0.2) is 15.0 Å². The van der Waals surface area contributed by atoms with Gasteiger partial charge in [0.1, 0.15) is 17.4 Å². The fraction of sp³-hybridized carbons (Fsp3) is 0.300. The molecule has 7 heteroatoms. The van der Waals surface area contributed by atoms with Crippen molar-refractivity contribution >= 4 is 34.1 Å². The molecule has 5 rings (SSSR count). The number of carbonyl (C=O) groups excluding carboxylic acids is 1. The van der Waals surface area contributed by atoms with Crippen LogP contribution in [0.1, 0.15) is 18.5 Å². The van der Waals surface area contributed by atoms with E-state index in [9.17, 15) is 4.79 Å². The SMILES string of the molecule is Cc1ccc2ncnc(N3CCC4(CC3)Nc3ccccc3NC4=O)c2n1. The van der Waals surface area contributed by atoms with Gasteiger partial charge in [0.25, 0.3) is 0 Å². The molecule has 4 heterocycles. The summed E-state index contributed by atoms with van der Waals surface area (Å²) in [6.45, 7) is 3.42. The van der Waals surface area contributed by atoms with Crippen molar-refractivity contribution in [3.8, 4) is 0 Å². The number of hydrogen-bond donors (Lipinski definition) is 2. The van der Waals surface area contributed by atoms with Gasteiger partial charge in [0.05, 0.1) is 16.9 Å². The first-order valence-electron chi connectivity index (χ1n) is 9.17. The van der Waals surface area contributed by atoms with Gasteiger partial charge in [-0.3, -0.25) is 4.79 Å². The van der Waals surface area contributed by atoms with Crippen LogP contribution in [0.4, 0.5) is 17.2 Å². The minimum atomic E-state index is -0.572. The highest BCUT2D eigenvalue weighted by atomic mass is 16.2. The van der Waals surface area contributed by atoms with Crippen LogP contribution in [0.2, 0.25) is 0 Å².